The van der Waals surface area contributed by atoms with Gasteiger partial charge >= 0.3 is 0 Å². The van der Waals surface area contributed by atoms with Gasteiger partial charge in [0.2, 0.25) is 0 Å². The molecule has 0 amide bonds. The van der Waals surface area contributed by atoms with E-state index in [0.717, 1.165) is 4.47 Å². The lowest BCUT2D eigenvalue weighted by atomic mass is 9.98. The molecule has 0 saturated carbocycles. The fraction of sp³-hybridized carbons (Fsp3) is 0.300. The first-order valence-electron chi connectivity index (χ1n) is 4.14. The first kappa shape index (κ1) is 11.7. The maximum atomic E-state index is 13.5. The molecular formula is C10H8Br2FN. The number of rotatable bonds is 2. The second-order valence-electron chi connectivity index (χ2n) is 2.88. The highest BCUT2D eigenvalue weighted by molar-refractivity contribution is 9.13. The average Bonchev–Trinajstić information content (AvgIpc) is 2.15. The summed E-state index contributed by atoms with van der Waals surface area (Å²) in [6.07, 6.45) is 0.613. The summed E-state index contributed by atoms with van der Waals surface area (Å²) in [4.78, 5) is 0. The molecule has 0 N–H and O–H groups in total. The van der Waals surface area contributed by atoms with Gasteiger partial charge < -0.3 is 0 Å². The lowest BCUT2D eigenvalue weighted by Gasteiger charge is -2.09. The fourth-order valence-corrected chi connectivity index (χ4v) is 1.86. The van der Waals surface area contributed by atoms with Crippen LogP contribution in [-0.2, 0) is 0 Å². The Morgan fingerprint density at radius 2 is 2.00 bits per heavy atom. The highest BCUT2D eigenvalue weighted by Crippen LogP contribution is 2.30. The maximum Gasteiger partial charge on any atom is 0.128 e. The molecule has 0 aliphatic carbocycles. The summed E-state index contributed by atoms with van der Waals surface area (Å²) in [5.41, 5.74) is 0.449. The van der Waals surface area contributed by atoms with Crippen LogP contribution in [0.25, 0.3) is 0 Å². The first-order chi connectivity index (χ1) is 6.60. The van der Waals surface area contributed by atoms with E-state index >= 15 is 0 Å². The molecule has 1 aromatic rings. The zero-order valence-electron chi connectivity index (χ0n) is 7.52. The number of nitrogens with zero attached hydrogens (tertiary/aromatic N) is 1. The molecule has 0 heterocycles. The Kier molecular flexibility index (Phi) is 4.09. The van der Waals surface area contributed by atoms with Gasteiger partial charge in [-0.1, -0.05) is 6.92 Å². The van der Waals surface area contributed by atoms with Gasteiger partial charge in [0, 0.05) is 14.5 Å². The minimum absolute atomic E-state index is 0.339. The van der Waals surface area contributed by atoms with E-state index in [-0.39, 0.29) is 11.7 Å². The smallest absolute Gasteiger partial charge is 0.128 e. The van der Waals surface area contributed by atoms with Gasteiger partial charge in [-0.15, -0.1) is 0 Å². The van der Waals surface area contributed by atoms with E-state index in [2.05, 4.69) is 37.9 Å². The predicted octanol–water partition coefficient (Wildman–Crippen LogP) is 4.37. The molecule has 0 aromatic heterocycles. The van der Waals surface area contributed by atoms with Gasteiger partial charge in [-0.2, -0.15) is 5.26 Å². The van der Waals surface area contributed by atoms with Crippen LogP contribution in [0.15, 0.2) is 21.1 Å². The zero-order chi connectivity index (χ0) is 10.7. The summed E-state index contributed by atoms with van der Waals surface area (Å²) in [6.45, 7) is 1.86. The van der Waals surface area contributed by atoms with Crippen molar-refractivity contribution in [2.75, 3.05) is 0 Å². The topological polar surface area (TPSA) is 23.8 Å². The normalized spacial score (nSPS) is 12.2. The largest absolute Gasteiger partial charge is 0.207 e. The molecule has 0 radical (unpaired) electrons. The standard InChI is InChI=1S/C10H8Br2FN/c1-2-6(5-14)7-3-8(11)9(12)4-10(7)13/h3-4,6H,2H2,1H3. The molecular weight excluding hydrogens is 313 g/mol. The van der Waals surface area contributed by atoms with Crippen LogP contribution in [-0.4, -0.2) is 0 Å². The maximum absolute atomic E-state index is 13.5. The predicted molar refractivity (Wildman–Crippen MR) is 60.4 cm³/mol. The van der Waals surface area contributed by atoms with Crippen LogP contribution in [0.3, 0.4) is 0 Å². The van der Waals surface area contributed by atoms with Gasteiger partial charge in [0.15, 0.2) is 0 Å². The Morgan fingerprint density at radius 3 is 2.50 bits per heavy atom. The summed E-state index contributed by atoms with van der Waals surface area (Å²) < 4.78 is 14.9. The summed E-state index contributed by atoms with van der Waals surface area (Å²) >= 11 is 6.49. The van der Waals surface area contributed by atoms with Gasteiger partial charge in [-0.25, -0.2) is 4.39 Å². The van der Waals surface area contributed by atoms with Gasteiger partial charge in [-0.05, 0) is 50.4 Å². The average molecular weight is 321 g/mol. The van der Waals surface area contributed by atoms with E-state index in [1.165, 1.54) is 6.07 Å². The molecule has 0 aliphatic rings. The van der Waals surface area contributed by atoms with Gasteiger partial charge in [-0.3, -0.25) is 0 Å². The molecule has 0 fully saturated rings. The molecule has 0 spiro atoms. The summed E-state index contributed by atoms with van der Waals surface area (Å²) in [5.74, 6) is -0.715. The first-order valence-corrected chi connectivity index (χ1v) is 5.72. The number of halogens is 3. The van der Waals surface area contributed by atoms with E-state index in [4.69, 9.17) is 5.26 Å². The second-order valence-corrected chi connectivity index (χ2v) is 4.59. The zero-order valence-corrected chi connectivity index (χ0v) is 10.7. The van der Waals surface area contributed by atoms with Crippen LogP contribution >= 0.6 is 31.9 Å². The van der Waals surface area contributed by atoms with Crippen molar-refractivity contribution in [3.63, 3.8) is 0 Å². The monoisotopic (exact) mass is 319 g/mol. The van der Waals surface area contributed by atoms with Crippen LogP contribution in [0, 0.1) is 17.1 Å². The molecule has 0 bridgehead atoms. The summed E-state index contributed by atoms with van der Waals surface area (Å²) in [5, 5.41) is 8.82. The highest BCUT2D eigenvalue weighted by atomic mass is 79.9. The number of nitriles is 1. The van der Waals surface area contributed by atoms with Crippen molar-refractivity contribution in [3.05, 3.63) is 32.5 Å². The minimum Gasteiger partial charge on any atom is -0.207 e. The number of hydrogen-bond acceptors (Lipinski definition) is 1. The lowest BCUT2D eigenvalue weighted by molar-refractivity contribution is 0.596. The molecule has 1 aromatic carbocycles. The quantitative estimate of drug-likeness (QED) is 0.742. The van der Waals surface area contributed by atoms with E-state index in [0.29, 0.717) is 16.5 Å². The van der Waals surface area contributed by atoms with Crippen LogP contribution in [0.1, 0.15) is 24.8 Å². The third-order valence-electron chi connectivity index (χ3n) is 1.98. The van der Waals surface area contributed by atoms with Crippen molar-refractivity contribution in [1.82, 2.24) is 0 Å². The summed E-state index contributed by atoms with van der Waals surface area (Å²) in [7, 11) is 0. The second kappa shape index (κ2) is 4.90. The molecule has 1 atom stereocenters. The highest BCUT2D eigenvalue weighted by Gasteiger charge is 2.15. The van der Waals surface area contributed by atoms with Crippen molar-refractivity contribution in [2.24, 2.45) is 0 Å². The van der Waals surface area contributed by atoms with Crippen molar-refractivity contribution in [3.8, 4) is 6.07 Å². The Hall–Kier alpha value is -0.400. The van der Waals surface area contributed by atoms with Crippen molar-refractivity contribution in [2.45, 2.75) is 19.3 Å². The van der Waals surface area contributed by atoms with Crippen LogP contribution in [0.2, 0.25) is 0 Å². The number of hydrogen-bond donors (Lipinski definition) is 0. The van der Waals surface area contributed by atoms with Gasteiger partial charge in [0.05, 0.1) is 12.0 Å². The van der Waals surface area contributed by atoms with E-state index in [1.54, 1.807) is 6.07 Å². The van der Waals surface area contributed by atoms with E-state index in [9.17, 15) is 4.39 Å². The molecule has 1 unspecified atom stereocenters. The molecule has 0 aliphatic heterocycles. The van der Waals surface area contributed by atoms with Gasteiger partial charge in [0.25, 0.3) is 0 Å². The lowest BCUT2D eigenvalue weighted by Crippen LogP contribution is -1.98. The molecule has 0 saturated heterocycles. The fourth-order valence-electron chi connectivity index (χ4n) is 1.19. The SMILES string of the molecule is CCC(C#N)c1cc(Br)c(Br)cc1F. The third-order valence-corrected chi connectivity index (χ3v) is 3.82. The molecule has 1 rings (SSSR count). The Bertz CT molecular complexity index is 384. The Morgan fingerprint density at radius 1 is 1.43 bits per heavy atom. The number of benzene rings is 1. The Labute approximate surface area is 99.2 Å². The summed E-state index contributed by atoms with van der Waals surface area (Å²) in [6, 6.07) is 5.10. The van der Waals surface area contributed by atoms with E-state index < -0.39 is 0 Å². The van der Waals surface area contributed by atoms with Crippen LogP contribution in [0.4, 0.5) is 4.39 Å². The van der Waals surface area contributed by atoms with Crippen LogP contribution in [0.5, 0.6) is 0 Å². The van der Waals surface area contributed by atoms with Crippen molar-refractivity contribution < 1.29 is 4.39 Å². The van der Waals surface area contributed by atoms with Crippen molar-refractivity contribution in [1.29, 1.82) is 5.26 Å². The molecule has 14 heavy (non-hydrogen) atoms. The Balaban J connectivity index is 3.22. The van der Waals surface area contributed by atoms with E-state index in [1.807, 2.05) is 6.92 Å². The third kappa shape index (κ3) is 2.34. The van der Waals surface area contributed by atoms with Gasteiger partial charge in [0.1, 0.15) is 5.82 Å². The minimum atomic E-state index is -0.376. The van der Waals surface area contributed by atoms with Crippen molar-refractivity contribution >= 4 is 31.9 Å². The molecule has 74 valence electrons. The molecule has 1 nitrogen and oxygen atoms in total. The molecule has 4 heteroatoms. The van der Waals surface area contributed by atoms with Crippen LogP contribution < -0.4 is 0 Å².